The number of nitrogens with zero attached hydrogens (tertiary/aromatic N) is 2. The molecule has 1 fully saturated rings. The number of hydrogen-bond acceptors (Lipinski definition) is 5. The molecule has 3 heterocycles. The number of rotatable bonds is 2. The molecule has 108 valence electrons. The Hall–Kier alpha value is -1.92. The van der Waals surface area contributed by atoms with Crippen LogP contribution in [0.5, 0.6) is 5.75 Å². The van der Waals surface area contributed by atoms with Crippen molar-refractivity contribution in [2.24, 2.45) is 0 Å². The Bertz CT molecular complexity index is 878. The van der Waals surface area contributed by atoms with Gasteiger partial charge in [0.2, 0.25) is 0 Å². The standard InChI is InChI=1S/C15H15N3O2S/c19-10-5-3-4-9-12(10)13-15(17-14(9)20)21-11(16-13)8-18-6-1-2-7-18/h3-5,19H,1-2,6-8H2,(H,17,20). The van der Waals surface area contributed by atoms with E-state index in [0.29, 0.717) is 16.3 Å². The summed E-state index contributed by atoms with van der Waals surface area (Å²) in [5, 5.41) is 12.1. The first kappa shape index (κ1) is 12.8. The van der Waals surface area contributed by atoms with Crippen molar-refractivity contribution in [2.75, 3.05) is 13.1 Å². The molecule has 2 aromatic heterocycles. The first-order chi connectivity index (χ1) is 10.2. The molecule has 0 radical (unpaired) electrons. The fraction of sp³-hybridized carbons (Fsp3) is 0.333. The molecule has 0 bridgehead atoms. The minimum atomic E-state index is -0.176. The van der Waals surface area contributed by atoms with Gasteiger partial charge in [0.05, 0.1) is 17.3 Å². The molecule has 0 unspecified atom stereocenters. The number of nitrogens with one attached hydrogen (secondary N) is 1. The van der Waals surface area contributed by atoms with Gasteiger partial charge in [-0.3, -0.25) is 9.69 Å². The van der Waals surface area contributed by atoms with E-state index < -0.39 is 0 Å². The maximum Gasteiger partial charge on any atom is 0.257 e. The quantitative estimate of drug-likeness (QED) is 0.763. The molecule has 0 amide bonds. The van der Waals surface area contributed by atoms with E-state index >= 15 is 0 Å². The molecular formula is C15H15N3O2S. The van der Waals surface area contributed by atoms with Gasteiger partial charge >= 0.3 is 0 Å². The monoisotopic (exact) mass is 301 g/mol. The number of pyridine rings is 1. The Morgan fingerprint density at radius 3 is 2.95 bits per heavy atom. The second-order valence-corrected chi connectivity index (χ2v) is 6.51. The van der Waals surface area contributed by atoms with E-state index in [-0.39, 0.29) is 11.3 Å². The van der Waals surface area contributed by atoms with Crippen molar-refractivity contribution in [3.05, 3.63) is 33.6 Å². The van der Waals surface area contributed by atoms with Crippen molar-refractivity contribution in [1.82, 2.24) is 14.9 Å². The molecule has 1 aliphatic rings. The number of aromatic nitrogens is 2. The highest BCUT2D eigenvalue weighted by molar-refractivity contribution is 7.18. The number of aromatic amines is 1. The van der Waals surface area contributed by atoms with Crippen LogP contribution < -0.4 is 5.56 Å². The lowest BCUT2D eigenvalue weighted by Crippen LogP contribution is -2.18. The van der Waals surface area contributed by atoms with Gasteiger partial charge in [0.15, 0.2) is 0 Å². The summed E-state index contributed by atoms with van der Waals surface area (Å²) in [6, 6.07) is 4.99. The summed E-state index contributed by atoms with van der Waals surface area (Å²) < 4.78 is 0. The predicted octanol–water partition coefficient (Wildman–Crippen LogP) is 2.44. The average molecular weight is 301 g/mol. The van der Waals surface area contributed by atoms with Crippen LogP contribution in [-0.2, 0) is 6.54 Å². The Balaban J connectivity index is 1.90. The van der Waals surface area contributed by atoms with E-state index in [1.165, 1.54) is 24.2 Å². The van der Waals surface area contributed by atoms with Gasteiger partial charge in [-0.05, 0) is 38.1 Å². The first-order valence-corrected chi connectivity index (χ1v) is 7.90. The number of benzene rings is 1. The van der Waals surface area contributed by atoms with E-state index in [1.54, 1.807) is 18.2 Å². The Morgan fingerprint density at radius 1 is 1.33 bits per heavy atom. The molecular weight excluding hydrogens is 286 g/mol. The maximum atomic E-state index is 12.1. The SMILES string of the molecule is O=c1[nH]c2sc(CN3CCCC3)nc2c2c(O)cccc12. The van der Waals surface area contributed by atoms with Crippen molar-refractivity contribution >= 4 is 32.5 Å². The lowest BCUT2D eigenvalue weighted by Gasteiger charge is -2.11. The molecule has 0 spiro atoms. The zero-order valence-corrected chi connectivity index (χ0v) is 12.2. The molecule has 1 aliphatic heterocycles. The summed E-state index contributed by atoms with van der Waals surface area (Å²) in [5.74, 6) is 0.113. The molecule has 1 saturated heterocycles. The summed E-state index contributed by atoms with van der Waals surface area (Å²) in [6.45, 7) is 3.04. The lowest BCUT2D eigenvalue weighted by atomic mass is 10.1. The van der Waals surface area contributed by atoms with Gasteiger partial charge in [0.25, 0.3) is 5.56 Å². The van der Waals surface area contributed by atoms with Gasteiger partial charge in [0.1, 0.15) is 21.1 Å². The number of H-pyrrole nitrogens is 1. The van der Waals surface area contributed by atoms with Crippen LogP contribution in [0.2, 0.25) is 0 Å². The molecule has 0 atom stereocenters. The fourth-order valence-corrected chi connectivity index (χ4v) is 3.97. The Kier molecular flexibility index (Phi) is 2.94. The highest BCUT2D eigenvalue weighted by atomic mass is 32.1. The lowest BCUT2D eigenvalue weighted by molar-refractivity contribution is 0.331. The highest BCUT2D eigenvalue weighted by Crippen LogP contribution is 2.31. The van der Waals surface area contributed by atoms with Crippen LogP contribution in [0.4, 0.5) is 0 Å². The molecule has 3 aromatic rings. The second-order valence-electron chi connectivity index (χ2n) is 5.42. The Labute approximate surface area is 124 Å². The molecule has 21 heavy (non-hydrogen) atoms. The largest absolute Gasteiger partial charge is 0.507 e. The molecule has 4 rings (SSSR count). The minimum Gasteiger partial charge on any atom is -0.507 e. The number of aromatic hydroxyl groups is 1. The smallest absolute Gasteiger partial charge is 0.257 e. The van der Waals surface area contributed by atoms with E-state index in [0.717, 1.165) is 29.5 Å². The van der Waals surface area contributed by atoms with Crippen LogP contribution in [0.15, 0.2) is 23.0 Å². The molecule has 0 aliphatic carbocycles. The van der Waals surface area contributed by atoms with Crippen molar-refractivity contribution in [2.45, 2.75) is 19.4 Å². The third-order valence-electron chi connectivity index (χ3n) is 3.98. The zero-order chi connectivity index (χ0) is 14.4. The predicted molar refractivity (Wildman–Crippen MR) is 83.9 cm³/mol. The number of likely N-dealkylation sites (tertiary alicyclic amines) is 1. The fourth-order valence-electron chi connectivity index (χ4n) is 2.97. The highest BCUT2D eigenvalue weighted by Gasteiger charge is 2.17. The third-order valence-corrected chi connectivity index (χ3v) is 4.94. The maximum absolute atomic E-state index is 12.1. The molecule has 2 N–H and O–H groups in total. The number of hydrogen-bond donors (Lipinski definition) is 2. The van der Waals surface area contributed by atoms with Crippen molar-refractivity contribution in [1.29, 1.82) is 0 Å². The van der Waals surface area contributed by atoms with Crippen LogP contribution in [0.1, 0.15) is 17.8 Å². The van der Waals surface area contributed by atoms with Gasteiger partial charge in [-0.2, -0.15) is 0 Å². The summed E-state index contributed by atoms with van der Waals surface area (Å²) in [5.41, 5.74) is 0.520. The van der Waals surface area contributed by atoms with Crippen molar-refractivity contribution in [3.8, 4) is 5.75 Å². The average Bonchev–Trinajstić information content (AvgIpc) is 3.09. The minimum absolute atomic E-state index is 0.113. The topological polar surface area (TPSA) is 69.2 Å². The van der Waals surface area contributed by atoms with Crippen LogP contribution in [0.25, 0.3) is 21.1 Å². The van der Waals surface area contributed by atoms with Crippen molar-refractivity contribution < 1.29 is 5.11 Å². The van der Waals surface area contributed by atoms with Gasteiger partial charge in [0, 0.05) is 0 Å². The van der Waals surface area contributed by atoms with E-state index in [9.17, 15) is 9.90 Å². The number of phenolic OH excluding ortho intramolecular Hbond substituents is 1. The van der Waals surface area contributed by atoms with Crippen LogP contribution in [0, 0.1) is 0 Å². The number of fused-ring (bicyclic) bond motifs is 3. The van der Waals surface area contributed by atoms with Gasteiger partial charge < -0.3 is 10.1 Å². The number of phenols is 1. The molecule has 0 saturated carbocycles. The normalized spacial score (nSPS) is 16.2. The molecule has 6 heteroatoms. The summed E-state index contributed by atoms with van der Waals surface area (Å²) in [4.78, 5) is 22.7. The molecule has 5 nitrogen and oxygen atoms in total. The van der Waals surface area contributed by atoms with Crippen LogP contribution in [-0.4, -0.2) is 33.1 Å². The van der Waals surface area contributed by atoms with Gasteiger partial charge in [-0.25, -0.2) is 4.98 Å². The van der Waals surface area contributed by atoms with E-state index in [4.69, 9.17) is 0 Å². The summed E-state index contributed by atoms with van der Waals surface area (Å²) >= 11 is 1.50. The molecule has 1 aromatic carbocycles. The van der Waals surface area contributed by atoms with Crippen molar-refractivity contribution in [3.63, 3.8) is 0 Å². The first-order valence-electron chi connectivity index (χ1n) is 7.08. The third kappa shape index (κ3) is 2.11. The summed E-state index contributed by atoms with van der Waals surface area (Å²) in [6.07, 6.45) is 2.48. The van der Waals surface area contributed by atoms with Crippen LogP contribution in [0.3, 0.4) is 0 Å². The van der Waals surface area contributed by atoms with Gasteiger partial charge in [-0.15, -0.1) is 0 Å². The Morgan fingerprint density at radius 2 is 2.14 bits per heavy atom. The van der Waals surface area contributed by atoms with E-state index in [2.05, 4.69) is 14.9 Å². The van der Waals surface area contributed by atoms with Gasteiger partial charge in [-0.1, -0.05) is 17.4 Å². The second kappa shape index (κ2) is 4.82. The van der Waals surface area contributed by atoms with Crippen LogP contribution >= 0.6 is 11.3 Å². The summed E-state index contributed by atoms with van der Waals surface area (Å²) in [7, 11) is 0. The number of thiazole rings is 1. The van der Waals surface area contributed by atoms with E-state index in [1.807, 2.05) is 0 Å². The zero-order valence-electron chi connectivity index (χ0n) is 11.4.